The molecule has 2 rings (SSSR count). The second-order valence-electron chi connectivity index (χ2n) is 4.00. The van der Waals surface area contributed by atoms with Crippen molar-refractivity contribution in [2.75, 3.05) is 0 Å². The minimum Gasteiger partial charge on any atom is -0.508 e. The third-order valence-electron chi connectivity index (χ3n) is 2.55. The summed E-state index contributed by atoms with van der Waals surface area (Å²) in [4.78, 5) is 4.14. The molecule has 0 aliphatic carbocycles. The molecular formula is C13H12Cl2N2O. The SMILES string of the molecule is NC(Cc1cccc(O)c1)c1ncc(Cl)cc1Cl. The van der Waals surface area contributed by atoms with Gasteiger partial charge < -0.3 is 10.8 Å². The van der Waals surface area contributed by atoms with Crippen molar-refractivity contribution in [2.45, 2.75) is 12.5 Å². The molecule has 0 spiro atoms. The minimum atomic E-state index is -0.337. The first-order valence-corrected chi connectivity index (χ1v) is 6.16. The van der Waals surface area contributed by atoms with E-state index in [1.807, 2.05) is 6.07 Å². The monoisotopic (exact) mass is 282 g/mol. The number of pyridine rings is 1. The van der Waals surface area contributed by atoms with E-state index in [9.17, 15) is 5.11 Å². The fourth-order valence-electron chi connectivity index (χ4n) is 1.73. The molecule has 0 fully saturated rings. The highest BCUT2D eigenvalue weighted by molar-refractivity contribution is 6.34. The lowest BCUT2D eigenvalue weighted by molar-refractivity contribution is 0.474. The van der Waals surface area contributed by atoms with E-state index in [0.717, 1.165) is 5.56 Å². The van der Waals surface area contributed by atoms with Gasteiger partial charge in [0.2, 0.25) is 0 Å². The van der Waals surface area contributed by atoms with Crippen molar-refractivity contribution in [1.82, 2.24) is 4.98 Å². The summed E-state index contributed by atoms with van der Waals surface area (Å²) in [6.07, 6.45) is 2.06. The molecule has 0 saturated carbocycles. The highest BCUT2D eigenvalue weighted by Gasteiger charge is 2.13. The summed E-state index contributed by atoms with van der Waals surface area (Å²) in [5.41, 5.74) is 7.58. The van der Waals surface area contributed by atoms with Crippen LogP contribution in [0.3, 0.4) is 0 Å². The summed E-state index contributed by atoms with van der Waals surface area (Å²) in [5, 5.41) is 10.3. The Bertz CT molecular complexity index is 560. The van der Waals surface area contributed by atoms with Gasteiger partial charge >= 0.3 is 0 Å². The van der Waals surface area contributed by atoms with Gasteiger partial charge in [0.05, 0.1) is 21.8 Å². The average molecular weight is 283 g/mol. The number of rotatable bonds is 3. The van der Waals surface area contributed by atoms with Crippen LogP contribution in [0.4, 0.5) is 0 Å². The largest absolute Gasteiger partial charge is 0.508 e. The summed E-state index contributed by atoms with van der Waals surface area (Å²) in [5.74, 6) is 0.217. The molecule has 94 valence electrons. The Balaban J connectivity index is 2.19. The van der Waals surface area contributed by atoms with Crippen LogP contribution in [0, 0.1) is 0 Å². The van der Waals surface area contributed by atoms with Crippen molar-refractivity contribution in [3.8, 4) is 5.75 Å². The van der Waals surface area contributed by atoms with Crippen molar-refractivity contribution in [3.63, 3.8) is 0 Å². The molecule has 0 aliphatic heterocycles. The van der Waals surface area contributed by atoms with Gasteiger partial charge in [-0.25, -0.2) is 0 Å². The lowest BCUT2D eigenvalue weighted by Gasteiger charge is -2.13. The molecular weight excluding hydrogens is 271 g/mol. The number of halogens is 2. The van der Waals surface area contributed by atoms with E-state index in [-0.39, 0.29) is 11.8 Å². The molecule has 0 radical (unpaired) electrons. The lowest BCUT2D eigenvalue weighted by atomic mass is 10.0. The Morgan fingerprint density at radius 3 is 2.72 bits per heavy atom. The summed E-state index contributed by atoms with van der Waals surface area (Å²) >= 11 is 11.8. The molecule has 0 saturated heterocycles. The summed E-state index contributed by atoms with van der Waals surface area (Å²) < 4.78 is 0. The van der Waals surface area contributed by atoms with E-state index in [1.165, 1.54) is 6.20 Å². The van der Waals surface area contributed by atoms with Crippen LogP contribution in [0.5, 0.6) is 5.75 Å². The fraction of sp³-hybridized carbons (Fsp3) is 0.154. The topological polar surface area (TPSA) is 59.1 Å². The second-order valence-corrected chi connectivity index (χ2v) is 4.84. The van der Waals surface area contributed by atoms with Gasteiger partial charge in [-0.05, 0) is 30.2 Å². The van der Waals surface area contributed by atoms with E-state index in [4.69, 9.17) is 28.9 Å². The molecule has 1 atom stereocenters. The molecule has 5 heteroatoms. The molecule has 3 N–H and O–H groups in total. The van der Waals surface area contributed by atoms with Crippen molar-refractivity contribution in [1.29, 1.82) is 0 Å². The maximum absolute atomic E-state index is 9.39. The van der Waals surface area contributed by atoms with Gasteiger partial charge in [-0.3, -0.25) is 4.98 Å². The van der Waals surface area contributed by atoms with Crippen molar-refractivity contribution in [2.24, 2.45) is 5.73 Å². The summed E-state index contributed by atoms with van der Waals surface area (Å²) in [6, 6.07) is 8.23. The van der Waals surface area contributed by atoms with Crippen LogP contribution in [-0.2, 0) is 6.42 Å². The highest BCUT2D eigenvalue weighted by Crippen LogP contribution is 2.25. The van der Waals surface area contributed by atoms with Gasteiger partial charge in [-0.1, -0.05) is 35.3 Å². The van der Waals surface area contributed by atoms with Crippen LogP contribution in [0.2, 0.25) is 10.0 Å². The van der Waals surface area contributed by atoms with Crippen LogP contribution in [-0.4, -0.2) is 10.1 Å². The third kappa shape index (κ3) is 3.13. The van der Waals surface area contributed by atoms with Crippen LogP contribution in [0.1, 0.15) is 17.3 Å². The Labute approximate surface area is 115 Å². The molecule has 1 aromatic heterocycles. The lowest BCUT2D eigenvalue weighted by Crippen LogP contribution is -2.15. The van der Waals surface area contributed by atoms with E-state index < -0.39 is 0 Å². The minimum absolute atomic E-state index is 0.217. The van der Waals surface area contributed by atoms with Crippen LogP contribution in [0.15, 0.2) is 36.5 Å². The zero-order chi connectivity index (χ0) is 13.1. The Morgan fingerprint density at radius 2 is 2.06 bits per heavy atom. The van der Waals surface area contributed by atoms with Crippen molar-refractivity contribution in [3.05, 3.63) is 57.8 Å². The molecule has 3 nitrogen and oxygen atoms in total. The number of aromatic hydroxyl groups is 1. The number of phenols is 1. The number of phenolic OH excluding ortho intramolecular Hbond substituents is 1. The quantitative estimate of drug-likeness (QED) is 0.908. The number of hydrogen-bond donors (Lipinski definition) is 2. The Kier molecular flexibility index (Phi) is 4.07. The van der Waals surface area contributed by atoms with Crippen molar-refractivity contribution >= 4 is 23.2 Å². The molecule has 0 amide bonds. The van der Waals surface area contributed by atoms with Crippen LogP contribution < -0.4 is 5.73 Å². The van der Waals surface area contributed by atoms with Gasteiger partial charge in [0.15, 0.2) is 0 Å². The average Bonchev–Trinajstić information content (AvgIpc) is 2.28. The predicted molar refractivity (Wildman–Crippen MR) is 73.0 cm³/mol. The van der Waals surface area contributed by atoms with E-state index in [0.29, 0.717) is 22.2 Å². The Hall–Kier alpha value is -1.29. The molecule has 2 aromatic rings. The number of hydrogen-bond acceptors (Lipinski definition) is 3. The van der Waals surface area contributed by atoms with Crippen LogP contribution in [0.25, 0.3) is 0 Å². The van der Waals surface area contributed by atoms with Gasteiger partial charge in [0.25, 0.3) is 0 Å². The maximum atomic E-state index is 9.39. The molecule has 0 aliphatic rings. The summed E-state index contributed by atoms with van der Waals surface area (Å²) in [7, 11) is 0. The number of aromatic nitrogens is 1. The first-order chi connectivity index (χ1) is 8.56. The first-order valence-electron chi connectivity index (χ1n) is 5.40. The first kappa shape index (κ1) is 13.1. The maximum Gasteiger partial charge on any atom is 0.115 e. The number of nitrogens with two attached hydrogens (primary N) is 1. The van der Waals surface area contributed by atoms with E-state index in [2.05, 4.69) is 4.98 Å². The standard InChI is InChI=1S/C13H12Cl2N2O/c14-9-6-11(15)13(17-7-9)12(16)5-8-2-1-3-10(18)4-8/h1-4,6-7,12,18H,5,16H2. The smallest absolute Gasteiger partial charge is 0.115 e. The molecule has 1 aromatic carbocycles. The van der Waals surface area contributed by atoms with E-state index >= 15 is 0 Å². The summed E-state index contributed by atoms with van der Waals surface area (Å²) in [6.45, 7) is 0. The third-order valence-corrected chi connectivity index (χ3v) is 3.06. The molecule has 0 bridgehead atoms. The predicted octanol–water partition coefficient (Wildman–Crippen LogP) is 3.34. The molecule has 18 heavy (non-hydrogen) atoms. The van der Waals surface area contributed by atoms with Gasteiger partial charge in [0, 0.05) is 6.20 Å². The zero-order valence-electron chi connectivity index (χ0n) is 9.48. The van der Waals surface area contributed by atoms with Gasteiger partial charge in [-0.2, -0.15) is 0 Å². The number of benzene rings is 1. The molecule has 1 unspecified atom stereocenters. The Morgan fingerprint density at radius 1 is 1.28 bits per heavy atom. The van der Waals surface area contributed by atoms with Crippen LogP contribution >= 0.6 is 23.2 Å². The fourth-order valence-corrected chi connectivity index (χ4v) is 2.25. The van der Waals surface area contributed by atoms with Gasteiger partial charge in [-0.15, -0.1) is 0 Å². The normalized spacial score (nSPS) is 12.4. The second kappa shape index (κ2) is 5.57. The van der Waals surface area contributed by atoms with Crippen molar-refractivity contribution < 1.29 is 5.11 Å². The van der Waals surface area contributed by atoms with Gasteiger partial charge in [0.1, 0.15) is 5.75 Å². The van der Waals surface area contributed by atoms with E-state index in [1.54, 1.807) is 24.3 Å². The number of nitrogens with zero attached hydrogens (tertiary/aromatic N) is 1. The molecule has 1 heterocycles. The zero-order valence-corrected chi connectivity index (χ0v) is 11.0. The highest BCUT2D eigenvalue weighted by atomic mass is 35.5.